The summed E-state index contributed by atoms with van der Waals surface area (Å²) in [7, 11) is 0. The summed E-state index contributed by atoms with van der Waals surface area (Å²) in [6, 6.07) is 6.03. The second-order valence-corrected chi connectivity index (χ2v) is 6.71. The van der Waals surface area contributed by atoms with E-state index in [1.807, 2.05) is 4.90 Å². The lowest BCUT2D eigenvalue weighted by Crippen LogP contribution is -2.47. The first-order chi connectivity index (χ1) is 12.2. The second-order valence-electron chi connectivity index (χ2n) is 6.71. The van der Waals surface area contributed by atoms with Crippen LogP contribution in [-0.2, 0) is 4.79 Å². The number of hydrazine groups is 1. The lowest BCUT2D eigenvalue weighted by atomic mass is 10.1. The van der Waals surface area contributed by atoms with Crippen LogP contribution >= 0.6 is 0 Å². The van der Waals surface area contributed by atoms with E-state index in [4.69, 9.17) is 0 Å². The van der Waals surface area contributed by atoms with E-state index >= 15 is 0 Å². The molecule has 25 heavy (non-hydrogen) atoms. The van der Waals surface area contributed by atoms with Crippen molar-refractivity contribution in [3.63, 3.8) is 0 Å². The van der Waals surface area contributed by atoms with Crippen molar-refractivity contribution in [2.45, 2.75) is 44.7 Å². The summed E-state index contributed by atoms with van der Waals surface area (Å²) in [6.07, 6.45) is 5.65. The number of hydrogen-bond acceptors (Lipinski definition) is 6. The zero-order valence-corrected chi connectivity index (χ0v) is 14.7. The van der Waals surface area contributed by atoms with Gasteiger partial charge in [-0.1, -0.05) is 13.3 Å². The average molecular weight is 342 g/mol. The monoisotopic (exact) mass is 342 g/mol. The minimum Gasteiger partial charge on any atom is -0.354 e. The zero-order chi connectivity index (χ0) is 17.6. The first kappa shape index (κ1) is 17.6. The van der Waals surface area contributed by atoms with E-state index in [1.54, 1.807) is 18.3 Å². The van der Waals surface area contributed by atoms with Gasteiger partial charge in [0.25, 0.3) is 0 Å². The van der Waals surface area contributed by atoms with E-state index in [2.05, 4.69) is 33.7 Å². The molecule has 7 nitrogen and oxygen atoms in total. The number of carbonyl (C=O) groups is 1. The summed E-state index contributed by atoms with van der Waals surface area (Å²) in [5, 5.41) is 9.28. The molecule has 2 N–H and O–H groups in total. The zero-order valence-electron chi connectivity index (χ0n) is 14.7. The Morgan fingerprint density at radius 2 is 2.24 bits per heavy atom. The molecule has 2 aliphatic rings. The maximum Gasteiger partial charge on any atom is 0.241 e. The fourth-order valence-corrected chi connectivity index (χ4v) is 3.63. The van der Waals surface area contributed by atoms with Crippen LogP contribution in [0.5, 0.6) is 0 Å². The summed E-state index contributed by atoms with van der Waals surface area (Å²) in [6.45, 7) is 5.09. The van der Waals surface area contributed by atoms with Gasteiger partial charge in [-0.25, -0.2) is 10.4 Å². The number of nitriles is 1. The highest BCUT2D eigenvalue weighted by molar-refractivity contribution is 5.82. The van der Waals surface area contributed by atoms with Gasteiger partial charge >= 0.3 is 0 Å². The smallest absolute Gasteiger partial charge is 0.241 e. The Kier molecular flexibility index (Phi) is 5.84. The molecule has 2 aliphatic heterocycles. The van der Waals surface area contributed by atoms with Crippen molar-refractivity contribution in [2.75, 3.05) is 31.1 Å². The molecule has 3 heterocycles. The van der Waals surface area contributed by atoms with Gasteiger partial charge in [-0.2, -0.15) is 5.26 Å². The molecule has 0 aromatic carbocycles. The number of amides is 1. The molecule has 0 bridgehead atoms. The highest BCUT2D eigenvalue weighted by Crippen LogP contribution is 2.19. The van der Waals surface area contributed by atoms with Gasteiger partial charge in [0.15, 0.2) is 0 Å². The Morgan fingerprint density at radius 1 is 1.36 bits per heavy atom. The Hall–Kier alpha value is -2.17. The van der Waals surface area contributed by atoms with Crippen molar-refractivity contribution in [1.82, 2.24) is 20.7 Å². The summed E-state index contributed by atoms with van der Waals surface area (Å²) in [5.74, 6) is 0.900. The Balaban J connectivity index is 1.60. The summed E-state index contributed by atoms with van der Waals surface area (Å²) < 4.78 is 0. The Bertz CT molecular complexity index is 643. The molecule has 2 atom stereocenters. The number of rotatable bonds is 4. The summed E-state index contributed by atoms with van der Waals surface area (Å²) in [4.78, 5) is 21.2. The van der Waals surface area contributed by atoms with Crippen LogP contribution in [0.25, 0.3) is 0 Å². The van der Waals surface area contributed by atoms with Gasteiger partial charge in [0.2, 0.25) is 5.91 Å². The lowest BCUT2D eigenvalue weighted by molar-refractivity contribution is -0.133. The van der Waals surface area contributed by atoms with E-state index in [0.29, 0.717) is 24.7 Å². The molecule has 1 aromatic heterocycles. The molecule has 2 saturated heterocycles. The predicted molar refractivity (Wildman–Crippen MR) is 95.7 cm³/mol. The molecule has 2 fully saturated rings. The number of pyridine rings is 1. The van der Waals surface area contributed by atoms with Gasteiger partial charge in [0.05, 0.1) is 5.56 Å². The average Bonchev–Trinajstić information content (AvgIpc) is 2.97. The maximum absolute atomic E-state index is 12.8. The molecule has 3 rings (SSSR count). The molecule has 2 unspecified atom stereocenters. The van der Waals surface area contributed by atoms with Crippen LogP contribution < -0.4 is 15.8 Å². The fourth-order valence-electron chi connectivity index (χ4n) is 3.63. The normalized spacial score (nSPS) is 24.0. The van der Waals surface area contributed by atoms with E-state index in [1.165, 1.54) is 0 Å². The van der Waals surface area contributed by atoms with Crippen LogP contribution in [0.15, 0.2) is 18.3 Å². The first-order valence-electron chi connectivity index (χ1n) is 9.12. The largest absolute Gasteiger partial charge is 0.354 e. The molecule has 0 saturated carbocycles. The predicted octanol–water partition coefficient (Wildman–Crippen LogP) is 1.03. The number of nitrogens with zero attached hydrogens (tertiary/aromatic N) is 4. The highest BCUT2D eigenvalue weighted by Gasteiger charge is 2.32. The van der Waals surface area contributed by atoms with Gasteiger partial charge in [-0.3, -0.25) is 10.2 Å². The number of anilines is 1. The number of carbonyl (C=O) groups excluding carboxylic acids is 1. The van der Waals surface area contributed by atoms with Crippen molar-refractivity contribution in [3.8, 4) is 6.07 Å². The van der Waals surface area contributed by atoms with Crippen molar-refractivity contribution >= 4 is 11.7 Å². The van der Waals surface area contributed by atoms with Gasteiger partial charge < -0.3 is 9.80 Å². The van der Waals surface area contributed by atoms with Crippen molar-refractivity contribution < 1.29 is 4.79 Å². The second kappa shape index (κ2) is 8.28. The van der Waals surface area contributed by atoms with Crippen LogP contribution in [0, 0.1) is 11.3 Å². The SMILES string of the molecule is CCCC1CC(C(=O)N2CCCN(c3ncccc3C#N)CC2)NN1. The summed E-state index contributed by atoms with van der Waals surface area (Å²) in [5.41, 5.74) is 6.99. The third-order valence-electron chi connectivity index (χ3n) is 4.93. The molecule has 0 aliphatic carbocycles. The Labute approximate surface area is 149 Å². The molecular weight excluding hydrogens is 316 g/mol. The summed E-state index contributed by atoms with van der Waals surface area (Å²) >= 11 is 0. The Morgan fingerprint density at radius 3 is 3.04 bits per heavy atom. The van der Waals surface area contributed by atoms with Crippen molar-refractivity contribution in [3.05, 3.63) is 23.9 Å². The molecule has 0 radical (unpaired) electrons. The third kappa shape index (κ3) is 4.09. The molecule has 1 amide bonds. The number of nitrogens with one attached hydrogen (secondary N) is 2. The van der Waals surface area contributed by atoms with Crippen LogP contribution in [0.4, 0.5) is 5.82 Å². The van der Waals surface area contributed by atoms with Crippen LogP contribution in [-0.4, -0.2) is 54.1 Å². The quantitative estimate of drug-likeness (QED) is 0.850. The molecule has 0 spiro atoms. The topological polar surface area (TPSA) is 84.3 Å². The lowest BCUT2D eigenvalue weighted by Gasteiger charge is -2.25. The van der Waals surface area contributed by atoms with E-state index in [0.717, 1.165) is 44.6 Å². The minimum atomic E-state index is -0.132. The van der Waals surface area contributed by atoms with Crippen molar-refractivity contribution in [2.24, 2.45) is 0 Å². The molecule has 134 valence electrons. The van der Waals surface area contributed by atoms with Gasteiger partial charge in [0.1, 0.15) is 17.9 Å². The molecule has 7 heteroatoms. The standard InChI is InChI=1S/C18H26N6O/c1-2-5-15-12-16(22-21-15)18(25)24-9-4-8-23(10-11-24)17-14(13-19)6-3-7-20-17/h3,6-7,15-16,21-22H,2,4-5,8-12H2,1H3. The van der Waals surface area contributed by atoms with Gasteiger partial charge in [0, 0.05) is 38.4 Å². The molecule has 1 aromatic rings. The number of hydrogen-bond donors (Lipinski definition) is 2. The van der Waals surface area contributed by atoms with Gasteiger partial charge in [-0.05, 0) is 31.4 Å². The minimum absolute atomic E-state index is 0.132. The van der Waals surface area contributed by atoms with Gasteiger partial charge in [-0.15, -0.1) is 0 Å². The van der Waals surface area contributed by atoms with Crippen molar-refractivity contribution in [1.29, 1.82) is 5.26 Å². The third-order valence-corrected chi connectivity index (χ3v) is 4.93. The van der Waals surface area contributed by atoms with Crippen LogP contribution in [0.3, 0.4) is 0 Å². The number of aromatic nitrogens is 1. The van der Waals surface area contributed by atoms with E-state index < -0.39 is 0 Å². The fraction of sp³-hybridized carbons (Fsp3) is 0.611. The highest BCUT2D eigenvalue weighted by atomic mass is 16.2. The van der Waals surface area contributed by atoms with Crippen LogP contribution in [0.1, 0.15) is 38.2 Å². The maximum atomic E-state index is 12.8. The molecular formula is C18H26N6O. The first-order valence-corrected chi connectivity index (χ1v) is 9.12. The van der Waals surface area contributed by atoms with Crippen LogP contribution in [0.2, 0.25) is 0 Å². The van der Waals surface area contributed by atoms with E-state index in [-0.39, 0.29) is 11.9 Å². The van der Waals surface area contributed by atoms with E-state index in [9.17, 15) is 10.1 Å².